The molecule has 0 aliphatic carbocycles. The third-order valence-electron chi connectivity index (χ3n) is 4.27. The summed E-state index contributed by atoms with van der Waals surface area (Å²) in [4.78, 5) is 20.5. The Morgan fingerprint density at radius 3 is 2.63 bits per heavy atom. The van der Waals surface area contributed by atoms with Crippen LogP contribution in [0, 0.1) is 0 Å². The van der Waals surface area contributed by atoms with Crippen LogP contribution in [-0.4, -0.2) is 55.1 Å². The number of hydrogen-bond donors (Lipinski definition) is 2. The zero-order valence-corrected chi connectivity index (χ0v) is 15.2. The minimum absolute atomic E-state index is 0.0318. The first kappa shape index (κ1) is 17.5. The summed E-state index contributed by atoms with van der Waals surface area (Å²) in [5, 5.41) is 5.77. The number of hydrogen-bond acceptors (Lipinski definition) is 8. The van der Waals surface area contributed by atoms with Gasteiger partial charge in [-0.2, -0.15) is 0 Å². The van der Waals surface area contributed by atoms with E-state index in [1.54, 1.807) is 6.07 Å². The van der Waals surface area contributed by atoms with E-state index in [0.717, 1.165) is 5.69 Å². The molecular weight excluding hydrogens is 372 g/mol. The quantitative estimate of drug-likeness (QED) is 0.791. The number of benzene rings is 1. The van der Waals surface area contributed by atoms with E-state index in [0.29, 0.717) is 37.0 Å². The van der Waals surface area contributed by atoms with Crippen molar-refractivity contribution in [1.29, 1.82) is 0 Å². The molecule has 1 amide bonds. The maximum atomic E-state index is 12.2. The van der Waals surface area contributed by atoms with Gasteiger partial charge in [-0.25, -0.2) is 18.4 Å². The highest BCUT2D eigenvalue weighted by Crippen LogP contribution is 2.33. The molecule has 2 aliphatic rings. The van der Waals surface area contributed by atoms with Crippen LogP contribution in [0.15, 0.2) is 30.6 Å². The summed E-state index contributed by atoms with van der Waals surface area (Å²) in [5.41, 5.74) is 0.883. The molecule has 10 heteroatoms. The summed E-state index contributed by atoms with van der Waals surface area (Å²) in [6.07, 6.45) is 3.21. The summed E-state index contributed by atoms with van der Waals surface area (Å²) in [5.74, 6) is 1.44. The van der Waals surface area contributed by atoms with Gasteiger partial charge in [-0.3, -0.25) is 4.79 Å². The molecule has 0 spiro atoms. The summed E-state index contributed by atoms with van der Waals surface area (Å²) in [7, 11) is -3.05. The van der Waals surface area contributed by atoms with Gasteiger partial charge in [-0.15, -0.1) is 0 Å². The van der Waals surface area contributed by atoms with E-state index < -0.39 is 15.7 Å². The number of nitrogens with zero attached hydrogens (tertiary/aromatic N) is 2. The predicted octanol–water partition coefficient (Wildman–Crippen LogP) is 0.908. The molecule has 2 aromatic rings. The van der Waals surface area contributed by atoms with Gasteiger partial charge in [0.1, 0.15) is 24.7 Å². The van der Waals surface area contributed by atoms with Crippen molar-refractivity contribution in [3.05, 3.63) is 36.3 Å². The highest BCUT2D eigenvalue weighted by atomic mass is 32.2. The molecule has 0 radical (unpaired) electrons. The lowest BCUT2D eigenvalue weighted by Gasteiger charge is -2.19. The number of amides is 1. The highest BCUT2D eigenvalue weighted by molar-refractivity contribution is 7.91. The molecule has 0 saturated carbocycles. The molecule has 9 nitrogen and oxygen atoms in total. The second-order valence-corrected chi connectivity index (χ2v) is 8.57. The van der Waals surface area contributed by atoms with Crippen molar-refractivity contribution in [1.82, 2.24) is 15.3 Å². The number of anilines is 2. The van der Waals surface area contributed by atoms with Crippen LogP contribution in [0.1, 0.15) is 16.9 Å². The zero-order chi connectivity index (χ0) is 18.9. The first-order valence-electron chi connectivity index (χ1n) is 8.48. The second-order valence-electron chi connectivity index (χ2n) is 6.34. The Kier molecular flexibility index (Phi) is 4.56. The first-order chi connectivity index (χ1) is 13.0. The number of ether oxygens (including phenoxy) is 2. The lowest BCUT2D eigenvalue weighted by Crippen LogP contribution is -2.36. The number of sulfone groups is 1. The average Bonchev–Trinajstić information content (AvgIpc) is 3.00. The van der Waals surface area contributed by atoms with Crippen molar-refractivity contribution in [3.63, 3.8) is 0 Å². The lowest BCUT2D eigenvalue weighted by molar-refractivity contribution is 0.0935. The number of rotatable bonds is 4. The number of carbonyl (C=O) groups is 1. The fourth-order valence-electron chi connectivity index (χ4n) is 2.95. The summed E-state index contributed by atoms with van der Waals surface area (Å²) in [6, 6.07) is 5.06. The Balaban J connectivity index is 1.39. The fraction of sp³-hybridized carbons (Fsp3) is 0.353. The van der Waals surface area contributed by atoms with Crippen molar-refractivity contribution in [2.24, 2.45) is 0 Å². The highest BCUT2D eigenvalue weighted by Gasteiger charge is 2.29. The molecule has 3 heterocycles. The molecule has 1 saturated heterocycles. The standard InChI is InChI=1S/C17H18N4O5S/c22-17(21-12-3-6-27(23,24)10-12)13-8-19-16(9-18-13)20-11-1-2-14-15(7-11)26-5-4-25-14/h1-2,7-9,12H,3-6,10H2,(H,19,20)(H,21,22). The van der Waals surface area contributed by atoms with Gasteiger partial charge in [0.05, 0.1) is 23.9 Å². The lowest BCUT2D eigenvalue weighted by atomic mass is 10.2. The zero-order valence-electron chi connectivity index (χ0n) is 14.3. The summed E-state index contributed by atoms with van der Waals surface area (Å²) < 4.78 is 33.9. The van der Waals surface area contributed by atoms with Crippen molar-refractivity contribution in [2.45, 2.75) is 12.5 Å². The van der Waals surface area contributed by atoms with Crippen molar-refractivity contribution in [2.75, 3.05) is 30.0 Å². The third-order valence-corrected chi connectivity index (χ3v) is 6.03. The molecule has 27 heavy (non-hydrogen) atoms. The molecule has 1 unspecified atom stereocenters. The molecule has 1 atom stereocenters. The Labute approximate surface area is 156 Å². The molecule has 2 aliphatic heterocycles. The molecular formula is C17H18N4O5S. The van der Waals surface area contributed by atoms with Crippen LogP contribution < -0.4 is 20.1 Å². The van der Waals surface area contributed by atoms with Crippen LogP contribution in [-0.2, 0) is 9.84 Å². The number of fused-ring (bicyclic) bond motifs is 1. The third kappa shape index (κ3) is 4.11. The minimum Gasteiger partial charge on any atom is -0.486 e. The van der Waals surface area contributed by atoms with Crippen LogP contribution in [0.4, 0.5) is 11.5 Å². The topological polar surface area (TPSA) is 120 Å². The van der Waals surface area contributed by atoms with Crippen LogP contribution >= 0.6 is 0 Å². The van der Waals surface area contributed by atoms with E-state index in [1.165, 1.54) is 12.4 Å². The largest absolute Gasteiger partial charge is 0.486 e. The maximum absolute atomic E-state index is 12.2. The van der Waals surface area contributed by atoms with Gasteiger partial charge in [0.2, 0.25) is 0 Å². The molecule has 4 rings (SSSR count). The van der Waals surface area contributed by atoms with Crippen molar-refractivity contribution >= 4 is 27.2 Å². The average molecular weight is 390 g/mol. The summed E-state index contributed by atoms with van der Waals surface area (Å²) in [6.45, 7) is 1.03. The molecule has 142 valence electrons. The fourth-order valence-corrected chi connectivity index (χ4v) is 4.62. The Morgan fingerprint density at radius 2 is 1.93 bits per heavy atom. The van der Waals surface area contributed by atoms with E-state index in [4.69, 9.17) is 9.47 Å². The molecule has 2 N–H and O–H groups in total. The first-order valence-corrected chi connectivity index (χ1v) is 10.3. The van der Waals surface area contributed by atoms with Gasteiger partial charge in [-0.1, -0.05) is 0 Å². The second kappa shape index (κ2) is 7.03. The smallest absolute Gasteiger partial charge is 0.271 e. The maximum Gasteiger partial charge on any atom is 0.271 e. The Bertz CT molecular complexity index is 962. The van der Waals surface area contributed by atoms with E-state index in [2.05, 4.69) is 20.6 Å². The van der Waals surface area contributed by atoms with Gasteiger partial charge in [0.15, 0.2) is 21.3 Å². The number of nitrogens with one attached hydrogen (secondary N) is 2. The Hall–Kier alpha value is -2.88. The van der Waals surface area contributed by atoms with E-state index in [9.17, 15) is 13.2 Å². The van der Waals surface area contributed by atoms with Gasteiger partial charge in [0, 0.05) is 17.8 Å². The van der Waals surface area contributed by atoms with Crippen LogP contribution in [0.2, 0.25) is 0 Å². The van der Waals surface area contributed by atoms with Crippen LogP contribution in [0.25, 0.3) is 0 Å². The van der Waals surface area contributed by atoms with E-state index in [1.807, 2.05) is 12.1 Å². The normalized spacial score (nSPS) is 20.1. The van der Waals surface area contributed by atoms with Gasteiger partial charge < -0.3 is 20.1 Å². The van der Waals surface area contributed by atoms with Gasteiger partial charge in [-0.05, 0) is 18.6 Å². The van der Waals surface area contributed by atoms with Crippen LogP contribution in [0.3, 0.4) is 0 Å². The molecule has 1 aromatic carbocycles. The van der Waals surface area contributed by atoms with Crippen molar-refractivity contribution in [3.8, 4) is 11.5 Å². The Morgan fingerprint density at radius 1 is 1.11 bits per heavy atom. The van der Waals surface area contributed by atoms with Crippen molar-refractivity contribution < 1.29 is 22.7 Å². The van der Waals surface area contributed by atoms with Gasteiger partial charge >= 0.3 is 0 Å². The van der Waals surface area contributed by atoms with E-state index in [-0.39, 0.29) is 23.2 Å². The molecule has 1 fully saturated rings. The SMILES string of the molecule is O=C(NC1CCS(=O)(=O)C1)c1cnc(Nc2ccc3c(c2)OCCO3)cn1. The minimum atomic E-state index is -3.05. The predicted molar refractivity (Wildman–Crippen MR) is 97.3 cm³/mol. The summed E-state index contributed by atoms with van der Waals surface area (Å²) >= 11 is 0. The molecule has 0 bridgehead atoms. The number of carbonyl (C=O) groups excluding carboxylic acids is 1. The number of aromatic nitrogens is 2. The monoisotopic (exact) mass is 390 g/mol. The molecule has 1 aromatic heterocycles. The van der Waals surface area contributed by atoms with Crippen LogP contribution in [0.5, 0.6) is 11.5 Å². The van der Waals surface area contributed by atoms with E-state index >= 15 is 0 Å². The van der Waals surface area contributed by atoms with Gasteiger partial charge in [0.25, 0.3) is 5.91 Å².